The van der Waals surface area contributed by atoms with Crippen molar-refractivity contribution in [3.8, 4) is 6.07 Å². The van der Waals surface area contributed by atoms with Crippen molar-refractivity contribution in [1.29, 1.82) is 5.26 Å². The van der Waals surface area contributed by atoms with Crippen LogP contribution >= 0.6 is 0 Å². The quantitative estimate of drug-likeness (QED) is 0.771. The highest BCUT2D eigenvalue weighted by Gasteiger charge is 2.05. The van der Waals surface area contributed by atoms with Gasteiger partial charge in [-0.15, -0.1) is 0 Å². The van der Waals surface area contributed by atoms with Crippen molar-refractivity contribution < 1.29 is 9.90 Å². The van der Waals surface area contributed by atoms with Gasteiger partial charge in [0.05, 0.1) is 11.6 Å². The average Bonchev–Trinajstić information content (AvgIpc) is 2.18. The van der Waals surface area contributed by atoms with Gasteiger partial charge in [0.2, 0.25) is 0 Å². The van der Waals surface area contributed by atoms with Gasteiger partial charge in [0.15, 0.2) is 0 Å². The Labute approximate surface area is 82.0 Å². The van der Waals surface area contributed by atoms with E-state index in [1.165, 1.54) is 7.05 Å². The van der Waals surface area contributed by atoms with Gasteiger partial charge in [-0.3, -0.25) is 0 Å². The summed E-state index contributed by atoms with van der Waals surface area (Å²) in [6, 6.07) is 8.90. The third-order valence-corrected chi connectivity index (χ3v) is 1.80. The van der Waals surface area contributed by atoms with Crippen LogP contribution in [0.4, 0.5) is 4.79 Å². The molecule has 4 nitrogen and oxygen atoms in total. The minimum Gasteiger partial charge on any atom is -0.465 e. The molecule has 1 amide bonds. The van der Waals surface area contributed by atoms with E-state index in [1.54, 1.807) is 24.3 Å². The molecule has 0 radical (unpaired) electrons. The van der Waals surface area contributed by atoms with Crippen LogP contribution in [0.2, 0.25) is 0 Å². The van der Waals surface area contributed by atoms with E-state index in [2.05, 4.69) is 0 Å². The van der Waals surface area contributed by atoms with Crippen molar-refractivity contribution in [2.24, 2.45) is 0 Å². The highest BCUT2D eigenvalue weighted by atomic mass is 16.4. The third-order valence-electron chi connectivity index (χ3n) is 1.80. The van der Waals surface area contributed by atoms with Gasteiger partial charge >= 0.3 is 6.09 Å². The first-order chi connectivity index (χ1) is 6.63. The van der Waals surface area contributed by atoms with Crippen molar-refractivity contribution in [2.75, 3.05) is 7.05 Å². The zero-order chi connectivity index (χ0) is 10.6. The van der Waals surface area contributed by atoms with Crippen LogP contribution in [0, 0.1) is 11.3 Å². The topological polar surface area (TPSA) is 64.3 Å². The zero-order valence-electron chi connectivity index (χ0n) is 7.77. The van der Waals surface area contributed by atoms with E-state index in [0.717, 1.165) is 10.5 Å². The number of rotatable bonds is 2. The smallest absolute Gasteiger partial charge is 0.407 e. The summed E-state index contributed by atoms with van der Waals surface area (Å²) in [4.78, 5) is 11.7. The fraction of sp³-hybridized carbons (Fsp3) is 0.200. The van der Waals surface area contributed by atoms with Gasteiger partial charge in [0, 0.05) is 13.6 Å². The Bertz CT molecular complexity index is 382. The van der Waals surface area contributed by atoms with Crippen LogP contribution in [0.3, 0.4) is 0 Å². The Balaban J connectivity index is 2.78. The fourth-order valence-corrected chi connectivity index (χ4v) is 1.08. The number of hydrogen-bond acceptors (Lipinski definition) is 2. The van der Waals surface area contributed by atoms with Crippen LogP contribution in [0.15, 0.2) is 24.3 Å². The Kier molecular flexibility index (Phi) is 3.08. The second-order valence-corrected chi connectivity index (χ2v) is 2.95. The van der Waals surface area contributed by atoms with Crippen molar-refractivity contribution in [2.45, 2.75) is 6.54 Å². The highest BCUT2D eigenvalue weighted by Crippen LogP contribution is 2.06. The van der Waals surface area contributed by atoms with E-state index < -0.39 is 6.09 Å². The maximum atomic E-state index is 10.5. The summed E-state index contributed by atoms with van der Waals surface area (Å²) in [5.74, 6) is 0. The molecule has 0 aromatic heterocycles. The molecule has 0 aliphatic carbocycles. The number of carboxylic acid groups (broad SMARTS) is 1. The highest BCUT2D eigenvalue weighted by molar-refractivity contribution is 5.64. The van der Waals surface area contributed by atoms with E-state index in [4.69, 9.17) is 10.4 Å². The number of benzene rings is 1. The molecule has 72 valence electrons. The van der Waals surface area contributed by atoms with Crippen molar-refractivity contribution in [3.05, 3.63) is 35.4 Å². The third kappa shape index (κ3) is 2.49. The van der Waals surface area contributed by atoms with Gasteiger partial charge in [-0.25, -0.2) is 4.79 Å². The number of nitrogens with zero attached hydrogens (tertiary/aromatic N) is 2. The number of nitriles is 1. The van der Waals surface area contributed by atoms with Crippen LogP contribution in [-0.2, 0) is 6.54 Å². The van der Waals surface area contributed by atoms with Gasteiger partial charge in [0.25, 0.3) is 0 Å². The molecule has 1 rings (SSSR count). The normalized spacial score (nSPS) is 9.14. The second kappa shape index (κ2) is 4.28. The van der Waals surface area contributed by atoms with E-state index in [-0.39, 0.29) is 0 Å². The molecular formula is C10H10N2O2. The lowest BCUT2D eigenvalue weighted by atomic mass is 10.1. The van der Waals surface area contributed by atoms with Gasteiger partial charge in [0.1, 0.15) is 0 Å². The van der Waals surface area contributed by atoms with Crippen LogP contribution in [0.25, 0.3) is 0 Å². The molecule has 0 spiro atoms. The van der Waals surface area contributed by atoms with Crippen molar-refractivity contribution >= 4 is 6.09 Å². The van der Waals surface area contributed by atoms with E-state index >= 15 is 0 Å². The van der Waals surface area contributed by atoms with E-state index in [9.17, 15) is 4.79 Å². The largest absolute Gasteiger partial charge is 0.465 e. The summed E-state index contributed by atoms with van der Waals surface area (Å²) >= 11 is 0. The summed E-state index contributed by atoms with van der Waals surface area (Å²) in [6.45, 7) is 0.296. The maximum Gasteiger partial charge on any atom is 0.407 e. The number of hydrogen-bond donors (Lipinski definition) is 1. The van der Waals surface area contributed by atoms with Gasteiger partial charge in [-0.1, -0.05) is 12.1 Å². The summed E-state index contributed by atoms with van der Waals surface area (Å²) in [5, 5.41) is 17.3. The average molecular weight is 190 g/mol. The lowest BCUT2D eigenvalue weighted by Crippen LogP contribution is -2.23. The number of amides is 1. The minimum atomic E-state index is -0.979. The molecule has 1 aromatic carbocycles. The Morgan fingerprint density at radius 3 is 2.93 bits per heavy atom. The predicted octanol–water partition coefficient (Wildman–Crippen LogP) is 1.67. The molecule has 0 saturated heterocycles. The summed E-state index contributed by atoms with van der Waals surface area (Å²) < 4.78 is 0. The summed E-state index contributed by atoms with van der Waals surface area (Å²) in [5.41, 5.74) is 1.36. The first kappa shape index (κ1) is 10.1. The lowest BCUT2D eigenvalue weighted by molar-refractivity contribution is 0.154. The minimum absolute atomic E-state index is 0.296. The predicted molar refractivity (Wildman–Crippen MR) is 50.6 cm³/mol. The molecule has 0 bridgehead atoms. The fourth-order valence-electron chi connectivity index (χ4n) is 1.08. The molecular weight excluding hydrogens is 180 g/mol. The number of carbonyl (C=O) groups is 1. The zero-order valence-corrected chi connectivity index (χ0v) is 7.77. The Morgan fingerprint density at radius 2 is 2.36 bits per heavy atom. The molecule has 0 aliphatic heterocycles. The van der Waals surface area contributed by atoms with Crippen LogP contribution in [0.5, 0.6) is 0 Å². The molecule has 0 saturated carbocycles. The van der Waals surface area contributed by atoms with E-state index in [1.807, 2.05) is 6.07 Å². The Morgan fingerprint density at radius 1 is 1.64 bits per heavy atom. The SMILES string of the molecule is CN(Cc1cccc(C#N)c1)C(=O)O. The molecule has 0 atom stereocenters. The monoisotopic (exact) mass is 190 g/mol. The standard InChI is InChI=1S/C10H10N2O2/c1-12(10(13)14)7-9-4-2-3-8(5-9)6-11/h2-5H,7H2,1H3,(H,13,14). The molecule has 0 fully saturated rings. The molecule has 14 heavy (non-hydrogen) atoms. The Hall–Kier alpha value is -2.02. The van der Waals surface area contributed by atoms with Crippen molar-refractivity contribution in [1.82, 2.24) is 4.90 Å². The molecule has 0 aliphatic rings. The molecule has 0 heterocycles. The first-order valence-corrected chi connectivity index (χ1v) is 4.06. The first-order valence-electron chi connectivity index (χ1n) is 4.06. The van der Waals surface area contributed by atoms with Gasteiger partial charge < -0.3 is 10.0 Å². The second-order valence-electron chi connectivity index (χ2n) is 2.95. The summed E-state index contributed by atoms with van der Waals surface area (Å²) in [7, 11) is 1.49. The van der Waals surface area contributed by atoms with Gasteiger partial charge in [-0.2, -0.15) is 5.26 Å². The molecule has 4 heteroatoms. The van der Waals surface area contributed by atoms with Crippen LogP contribution in [-0.4, -0.2) is 23.1 Å². The summed E-state index contributed by atoms with van der Waals surface area (Å²) in [6.07, 6.45) is -0.979. The molecule has 0 unspecified atom stereocenters. The van der Waals surface area contributed by atoms with Crippen molar-refractivity contribution in [3.63, 3.8) is 0 Å². The lowest BCUT2D eigenvalue weighted by Gasteiger charge is -2.12. The van der Waals surface area contributed by atoms with Gasteiger partial charge in [-0.05, 0) is 17.7 Å². The molecule has 1 N–H and O–H groups in total. The van der Waals surface area contributed by atoms with E-state index in [0.29, 0.717) is 12.1 Å². The van der Waals surface area contributed by atoms with Crippen LogP contribution in [0.1, 0.15) is 11.1 Å². The maximum absolute atomic E-state index is 10.5. The van der Waals surface area contributed by atoms with Crippen LogP contribution < -0.4 is 0 Å². The molecule has 1 aromatic rings.